The molecule has 8 heteroatoms. The lowest BCUT2D eigenvalue weighted by atomic mass is 10.1. The molecule has 0 aliphatic carbocycles. The van der Waals surface area contributed by atoms with Crippen molar-refractivity contribution in [1.82, 2.24) is 14.8 Å². The van der Waals surface area contributed by atoms with Gasteiger partial charge in [0.05, 0.1) is 11.6 Å². The van der Waals surface area contributed by atoms with Crippen molar-refractivity contribution in [2.75, 3.05) is 19.6 Å². The van der Waals surface area contributed by atoms with Gasteiger partial charge in [-0.3, -0.25) is 9.69 Å². The average Bonchev–Trinajstić information content (AvgIpc) is 2.66. The lowest BCUT2D eigenvalue weighted by molar-refractivity contribution is -0.148. The van der Waals surface area contributed by atoms with E-state index in [2.05, 4.69) is 5.32 Å². The first kappa shape index (κ1) is 16.2. The van der Waals surface area contributed by atoms with Crippen molar-refractivity contribution in [2.45, 2.75) is 25.1 Å². The van der Waals surface area contributed by atoms with Crippen molar-refractivity contribution in [1.29, 1.82) is 0 Å². The fourth-order valence-corrected chi connectivity index (χ4v) is 2.83. The summed E-state index contributed by atoms with van der Waals surface area (Å²) in [5.74, 6) is -0.316. The largest absolute Gasteiger partial charge is 0.401 e. The number of hydrogen-bond donors (Lipinski definition) is 1. The Bertz CT molecular complexity index is 515. The average molecular weight is 324 g/mol. The molecule has 0 spiro atoms. The molecule has 1 atom stereocenters. The number of carbonyl (C=O) groups is 1. The van der Waals surface area contributed by atoms with Gasteiger partial charge in [-0.25, -0.2) is 0 Å². The van der Waals surface area contributed by atoms with Crippen molar-refractivity contribution in [3.05, 3.63) is 23.0 Å². The van der Waals surface area contributed by atoms with Gasteiger partial charge >= 0.3 is 6.18 Å². The van der Waals surface area contributed by atoms with Crippen LogP contribution in [0.25, 0.3) is 0 Å². The van der Waals surface area contributed by atoms with Gasteiger partial charge in [-0.1, -0.05) is 11.6 Å². The number of carbonyl (C=O) groups excluding carboxylic acids is 1. The molecule has 4 nitrogen and oxygen atoms in total. The molecule has 2 rings (SSSR count). The molecule has 1 aromatic rings. The Balaban J connectivity index is 1.93. The van der Waals surface area contributed by atoms with Gasteiger partial charge in [-0.2, -0.15) is 13.2 Å². The monoisotopic (exact) mass is 323 g/mol. The minimum Gasteiger partial charge on any atom is -0.347 e. The Morgan fingerprint density at radius 3 is 2.81 bits per heavy atom. The number of nitrogens with one attached hydrogen (secondary N) is 1. The molecule has 1 saturated heterocycles. The molecule has 0 radical (unpaired) electrons. The molecule has 2 heterocycles. The highest BCUT2D eigenvalue weighted by molar-refractivity contribution is 6.31. The van der Waals surface area contributed by atoms with Crippen molar-refractivity contribution >= 4 is 17.5 Å². The van der Waals surface area contributed by atoms with E-state index < -0.39 is 12.7 Å². The maximum absolute atomic E-state index is 12.4. The SMILES string of the molecule is Cn1cc(Cl)cc1C(=O)NC1CCCN(CC(F)(F)F)C1. The van der Waals surface area contributed by atoms with Gasteiger partial charge in [-0.05, 0) is 25.5 Å². The number of hydrogen-bond acceptors (Lipinski definition) is 2. The number of aromatic nitrogens is 1. The highest BCUT2D eigenvalue weighted by atomic mass is 35.5. The van der Waals surface area contributed by atoms with E-state index >= 15 is 0 Å². The van der Waals surface area contributed by atoms with Gasteiger partial charge < -0.3 is 9.88 Å². The van der Waals surface area contributed by atoms with Gasteiger partial charge in [0.1, 0.15) is 5.69 Å². The Hall–Kier alpha value is -1.21. The highest BCUT2D eigenvalue weighted by Gasteiger charge is 2.33. The molecule has 118 valence electrons. The molecule has 1 unspecified atom stereocenters. The van der Waals surface area contributed by atoms with Crippen LogP contribution in [0.4, 0.5) is 13.2 Å². The number of amides is 1. The van der Waals surface area contributed by atoms with Crippen LogP contribution in [0.15, 0.2) is 12.3 Å². The first-order chi connectivity index (χ1) is 9.74. The van der Waals surface area contributed by atoms with Crippen molar-refractivity contribution in [3.8, 4) is 0 Å². The zero-order valence-electron chi connectivity index (χ0n) is 11.6. The smallest absolute Gasteiger partial charge is 0.347 e. The molecular weight excluding hydrogens is 307 g/mol. The van der Waals surface area contributed by atoms with Crippen LogP contribution in [0.3, 0.4) is 0 Å². The molecule has 1 aromatic heterocycles. The second kappa shape index (κ2) is 6.27. The molecular formula is C13H17ClF3N3O. The van der Waals surface area contributed by atoms with E-state index in [1.165, 1.54) is 11.0 Å². The van der Waals surface area contributed by atoms with E-state index in [0.29, 0.717) is 30.1 Å². The second-order valence-corrected chi connectivity index (χ2v) is 5.75. The zero-order chi connectivity index (χ0) is 15.6. The molecule has 1 N–H and O–H groups in total. The second-order valence-electron chi connectivity index (χ2n) is 5.32. The number of aryl methyl sites for hydroxylation is 1. The van der Waals surface area contributed by atoms with Crippen LogP contribution in [-0.2, 0) is 7.05 Å². The Kier molecular flexibility index (Phi) is 4.83. The molecule has 1 aliphatic rings. The predicted molar refractivity (Wildman–Crippen MR) is 73.4 cm³/mol. The molecule has 21 heavy (non-hydrogen) atoms. The van der Waals surface area contributed by atoms with E-state index in [-0.39, 0.29) is 18.5 Å². The lowest BCUT2D eigenvalue weighted by Crippen LogP contribution is -2.50. The fourth-order valence-electron chi connectivity index (χ4n) is 2.58. The Morgan fingerprint density at radius 1 is 1.52 bits per heavy atom. The van der Waals surface area contributed by atoms with Crippen molar-refractivity contribution in [3.63, 3.8) is 0 Å². The minimum atomic E-state index is -4.21. The topological polar surface area (TPSA) is 37.3 Å². The summed E-state index contributed by atoms with van der Waals surface area (Å²) in [6.07, 6.45) is -1.29. The van der Waals surface area contributed by atoms with E-state index in [1.54, 1.807) is 17.8 Å². The van der Waals surface area contributed by atoms with Crippen LogP contribution in [0, 0.1) is 0 Å². The van der Waals surface area contributed by atoms with Crippen LogP contribution in [-0.4, -0.2) is 47.2 Å². The van der Waals surface area contributed by atoms with Gasteiger partial charge in [0.15, 0.2) is 0 Å². The molecule has 0 bridgehead atoms. The summed E-state index contributed by atoms with van der Waals surface area (Å²) < 4.78 is 38.8. The van der Waals surface area contributed by atoms with E-state index in [0.717, 1.165) is 0 Å². The first-order valence-electron chi connectivity index (χ1n) is 6.66. The molecule has 1 aliphatic heterocycles. The third kappa shape index (κ3) is 4.64. The highest BCUT2D eigenvalue weighted by Crippen LogP contribution is 2.20. The van der Waals surface area contributed by atoms with Crippen LogP contribution >= 0.6 is 11.6 Å². The van der Waals surface area contributed by atoms with Crippen LogP contribution < -0.4 is 5.32 Å². The maximum Gasteiger partial charge on any atom is 0.401 e. The molecule has 0 aromatic carbocycles. The standard InChI is InChI=1S/C13H17ClF3N3O/c1-19-6-9(14)5-11(19)12(21)18-10-3-2-4-20(7-10)8-13(15,16)17/h5-6,10H,2-4,7-8H2,1H3,(H,18,21). The lowest BCUT2D eigenvalue weighted by Gasteiger charge is -2.33. The predicted octanol–water partition coefficient (Wildman–Crippen LogP) is 2.44. The van der Waals surface area contributed by atoms with E-state index in [1.807, 2.05) is 0 Å². The Labute approximate surface area is 125 Å². The molecule has 1 fully saturated rings. The van der Waals surface area contributed by atoms with Crippen LogP contribution in [0.5, 0.6) is 0 Å². The summed E-state index contributed by atoms with van der Waals surface area (Å²) in [5, 5.41) is 3.23. The van der Waals surface area contributed by atoms with Crippen molar-refractivity contribution in [2.24, 2.45) is 7.05 Å². The van der Waals surface area contributed by atoms with E-state index in [4.69, 9.17) is 11.6 Å². The summed E-state index contributed by atoms with van der Waals surface area (Å²) in [6, 6.07) is 1.26. The van der Waals surface area contributed by atoms with Gasteiger partial charge in [0.25, 0.3) is 5.91 Å². The summed E-state index contributed by atoms with van der Waals surface area (Å²) in [7, 11) is 1.69. The number of halogens is 4. The quantitative estimate of drug-likeness (QED) is 0.927. The van der Waals surface area contributed by atoms with Gasteiger partial charge in [0.2, 0.25) is 0 Å². The number of likely N-dealkylation sites (tertiary alicyclic amines) is 1. The number of alkyl halides is 3. The van der Waals surface area contributed by atoms with E-state index in [9.17, 15) is 18.0 Å². The number of piperidine rings is 1. The third-order valence-electron chi connectivity index (χ3n) is 3.45. The zero-order valence-corrected chi connectivity index (χ0v) is 12.3. The molecule has 0 saturated carbocycles. The van der Waals surface area contributed by atoms with Crippen molar-refractivity contribution < 1.29 is 18.0 Å². The summed E-state index contributed by atoms with van der Waals surface area (Å²) in [4.78, 5) is 13.4. The summed E-state index contributed by atoms with van der Waals surface area (Å²) in [5.41, 5.74) is 0.396. The molecule has 1 amide bonds. The van der Waals surface area contributed by atoms with Crippen LogP contribution in [0.2, 0.25) is 5.02 Å². The third-order valence-corrected chi connectivity index (χ3v) is 3.65. The first-order valence-corrected chi connectivity index (χ1v) is 7.04. The van der Waals surface area contributed by atoms with Crippen LogP contribution in [0.1, 0.15) is 23.3 Å². The Morgan fingerprint density at radius 2 is 2.24 bits per heavy atom. The fraction of sp³-hybridized carbons (Fsp3) is 0.615. The minimum absolute atomic E-state index is 0.212. The number of nitrogens with zero attached hydrogens (tertiary/aromatic N) is 2. The summed E-state index contributed by atoms with van der Waals surface area (Å²) in [6.45, 7) is -0.319. The summed E-state index contributed by atoms with van der Waals surface area (Å²) >= 11 is 5.81. The normalized spacial score (nSPS) is 20.5. The number of rotatable bonds is 3. The van der Waals surface area contributed by atoms with Gasteiger partial charge in [-0.15, -0.1) is 0 Å². The maximum atomic E-state index is 12.4. The van der Waals surface area contributed by atoms with Gasteiger partial charge in [0, 0.05) is 25.8 Å².